The van der Waals surface area contributed by atoms with Crippen LogP contribution < -0.4 is 0 Å². The first-order chi connectivity index (χ1) is 6.09. The summed E-state index contributed by atoms with van der Waals surface area (Å²) in [5, 5.41) is 0. The zero-order valence-corrected chi connectivity index (χ0v) is 12.5. The van der Waals surface area contributed by atoms with Gasteiger partial charge in [-0.15, -0.1) is 0 Å². The molecule has 1 aromatic carbocycles. The molecule has 0 nitrogen and oxygen atoms in total. The van der Waals surface area contributed by atoms with Crippen LogP contribution in [0.2, 0.25) is 19.6 Å². The van der Waals surface area contributed by atoms with Gasteiger partial charge in [0, 0.05) is 29.6 Å². The molecule has 0 saturated heterocycles. The standard InChI is InChI=1S/C12H16Si.Na/c1-13(2,3)12-9-8-10-6-4-5-7-11(10)12;/h4-9,12H,1-3H3;. The Morgan fingerprint density at radius 1 is 1.07 bits per heavy atom. The minimum absolute atomic E-state index is 0. The SMILES string of the molecule is C[Si](C)(C)C1C=Cc2ccccc21.[Na]. The summed E-state index contributed by atoms with van der Waals surface area (Å²) in [6, 6.07) is 8.76. The van der Waals surface area contributed by atoms with Crippen LogP contribution in [0.5, 0.6) is 0 Å². The maximum atomic E-state index is 2.43. The smallest absolute Gasteiger partial charge is 0.0566 e. The van der Waals surface area contributed by atoms with E-state index in [0.717, 1.165) is 5.54 Å². The molecule has 0 saturated carbocycles. The van der Waals surface area contributed by atoms with Gasteiger partial charge >= 0.3 is 0 Å². The van der Waals surface area contributed by atoms with E-state index in [9.17, 15) is 0 Å². The molecule has 1 aliphatic carbocycles. The van der Waals surface area contributed by atoms with Crippen LogP contribution in [0.25, 0.3) is 6.08 Å². The number of hydrogen-bond donors (Lipinski definition) is 0. The second kappa shape index (κ2) is 4.36. The predicted molar refractivity (Wildman–Crippen MR) is 67.3 cm³/mol. The molecule has 0 aliphatic heterocycles. The molecule has 1 aliphatic rings. The maximum Gasteiger partial charge on any atom is 0.0566 e. The van der Waals surface area contributed by atoms with E-state index < -0.39 is 8.07 Å². The molecule has 0 heterocycles. The van der Waals surface area contributed by atoms with Crippen molar-refractivity contribution >= 4 is 43.7 Å². The van der Waals surface area contributed by atoms with Crippen molar-refractivity contribution in [3.8, 4) is 0 Å². The molecule has 2 heteroatoms. The third kappa shape index (κ3) is 2.22. The van der Waals surface area contributed by atoms with Gasteiger partial charge in [0.1, 0.15) is 0 Å². The topological polar surface area (TPSA) is 0 Å². The van der Waals surface area contributed by atoms with Gasteiger partial charge in [-0.2, -0.15) is 0 Å². The summed E-state index contributed by atoms with van der Waals surface area (Å²) >= 11 is 0. The summed E-state index contributed by atoms with van der Waals surface area (Å²) in [4.78, 5) is 0. The van der Waals surface area contributed by atoms with E-state index >= 15 is 0 Å². The van der Waals surface area contributed by atoms with Crippen molar-refractivity contribution in [1.82, 2.24) is 0 Å². The first-order valence-electron chi connectivity index (χ1n) is 4.86. The quantitative estimate of drug-likeness (QED) is 0.625. The fraction of sp³-hybridized carbons (Fsp3) is 0.333. The van der Waals surface area contributed by atoms with Gasteiger partial charge in [-0.3, -0.25) is 0 Å². The normalized spacial score (nSPS) is 18.9. The molecule has 1 aromatic rings. The first-order valence-corrected chi connectivity index (χ1v) is 8.44. The molecule has 69 valence electrons. The van der Waals surface area contributed by atoms with E-state index in [-0.39, 0.29) is 29.6 Å². The van der Waals surface area contributed by atoms with E-state index in [1.165, 1.54) is 5.56 Å². The summed E-state index contributed by atoms with van der Waals surface area (Å²) in [6.07, 6.45) is 4.66. The molecule has 0 N–H and O–H groups in total. The summed E-state index contributed by atoms with van der Waals surface area (Å²) in [7, 11) is -1.06. The average Bonchev–Trinajstić information content (AvgIpc) is 2.45. The number of allylic oxidation sites excluding steroid dienone is 1. The molecule has 1 unspecified atom stereocenters. The Morgan fingerprint density at radius 3 is 2.36 bits per heavy atom. The molecule has 0 fully saturated rings. The van der Waals surface area contributed by atoms with Crippen molar-refractivity contribution in [2.75, 3.05) is 0 Å². The monoisotopic (exact) mass is 211 g/mol. The zero-order chi connectivity index (χ0) is 9.47. The van der Waals surface area contributed by atoms with Crippen LogP contribution in [0, 0.1) is 0 Å². The molecule has 0 amide bonds. The van der Waals surface area contributed by atoms with Crippen LogP contribution in [-0.4, -0.2) is 37.6 Å². The van der Waals surface area contributed by atoms with Gasteiger partial charge in [-0.05, 0) is 16.7 Å². The molecule has 0 aromatic heterocycles. The summed E-state index contributed by atoms with van der Waals surface area (Å²) < 4.78 is 0. The van der Waals surface area contributed by atoms with Crippen LogP contribution in [0.4, 0.5) is 0 Å². The molecule has 1 atom stereocenters. The van der Waals surface area contributed by atoms with Crippen molar-refractivity contribution in [2.24, 2.45) is 0 Å². The minimum atomic E-state index is -1.06. The summed E-state index contributed by atoms with van der Waals surface area (Å²) in [6.45, 7) is 7.30. The van der Waals surface area contributed by atoms with Gasteiger partial charge in [0.05, 0.1) is 8.07 Å². The number of rotatable bonds is 1. The van der Waals surface area contributed by atoms with Crippen LogP contribution in [0.15, 0.2) is 30.3 Å². The Hall–Kier alpha value is 0.177. The van der Waals surface area contributed by atoms with Gasteiger partial charge in [0.2, 0.25) is 0 Å². The first kappa shape index (κ1) is 12.2. The molecule has 0 spiro atoms. The Kier molecular flexibility index (Phi) is 3.81. The molecule has 14 heavy (non-hydrogen) atoms. The molecule has 0 bridgehead atoms. The molecular formula is C12H16NaSi. The minimum Gasteiger partial charge on any atom is -0.0791 e. The molecule has 2 rings (SSSR count). The van der Waals surface area contributed by atoms with E-state index in [1.807, 2.05) is 0 Å². The fourth-order valence-electron chi connectivity index (χ4n) is 2.00. The Balaban J connectivity index is 0.000000980. The summed E-state index contributed by atoms with van der Waals surface area (Å²) in [5.74, 6) is 0. The predicted octanol–water partition coefficient (Wildman–Crippen LogP) is 3.29. The van der Waals surface area contributed by atoms with E-state index in [0.29, 0.717) is 0 Å². The van der Waals surface area contributed by atoms with E-state index in [4.69, 9.17) is 0 Å². The van der Waals surface area contributed by atoms with Crippen molar-refractivity contribution in [2.45, 2.75) is 25.2 Å². The zero-order valence-electron chi connectivity index (χ0n) is 9.54. The Morgan fingerprint density at radius 2 is 1.71 bits per heavy atom. The average molecular weight is 211 g/mol. The van der Waals surface area contributed by atoms with Crippen molar-refractivity contribution in [3.63, 3.8) is 0 Å². The Labute approximate surface area is 110 Å². The van der Waals surface area contributed by atoms with Gasteiger partial charge < -0.3 is 0 Å². The second-order valence-corrected chi connectivity index (χ2v) is 10.2. The fourth-order valence-corrected chi connectivity index (χ4v) is 3.87. The molecular weight excluding hydrogens is 195 g/mol. The summed E-state index contributed by atoms with van der Waals surface area (Å²) in [5.41, 5.74) is 3.69. The largest absolute Gasteiger partial charge is 0.0791 e. The third-order valence-electron chi connectivity index (χ3n) is 2.73. The second-order valence-electron chi connectivity index (χ2n) is 4.83. The van der Waals surface area contributed by atoms with Crippen LogP contribution in [0.3, 0.4) is 0 Å². The van der Waals surface area contributed by atoms with Crippen molar-refractivity contribution in [1.29, 1.82) is 0 Å². The van der Waals surface area contributed by atoms with Gasteiger partial charge in [-0.25, -0.2) is 0 Å². The van der Waals surface area contributed by atoms with Crippen LogP contribution in [-0.2, 0) is 0 Å². The van der Waals surface area contributed by atoms with Crippen LogP contribution >= 0.6 is 0 Å². The number of hydrogen-bond acceptors (Lipinski definition) is 0. The van der Waals surface area contributed by atoms with Crippen molar-refractivity contribution < 1.29 is 0 Å². The Bertz CT molecular complexity index is 350. The van der Waals surface area contributed by atoms with Crippen molar-refractivity contribution in [3.05, 3.63) is 41.5 Å². The van der Waals surface area contributed by atoms with E-state index in [2.05, 4.69) is 56.1 Å². The van der Waals surface area contributed by atoms with Gasteiger partial charge in [0.15, 0.2) is 0 Å². The number of fused-ring (bicyclic) bond motifs is 1. The van der Waals surface area contributed by atoms with Crippen LogP contribution in [0.1, 0.15) is 16.7 Å². The molecule has 1 radical (unpaired) electrons. The number of benzene rings is 1. The maximum absolute atomic E-state index is 2.43. The van der Waals surface area contributed by atoms with Gasteiger partial charge in [-0.1, -0.05) is 56.1 Å². The third-order valence-corrected chi connectivity index (χ3v) is 5.10. The van der Waals surface area contributed by atoms with E-state index in [1.54, 1.807) is 5.56 Å². The van der Waals surface area contributed by atoms with Gasteiger partial charge in [0.25, 0.3) is 0 Å².